The van der Waals surface area contributed by atoms with E-state index in [0.29, 0.717) is 6.54 Å². The van der Waals surface area contributed by atoms with Gasteiger partial charge in [-0.3, -0.25) is 4.90 Å². The van der Waals surface area contributed by atoms with Crippen molar-refractivity contribution < 1.29 is 9.47 Å². The molecule has 114 valence electrons. The van der Waals surface area contributed by atoms with Gasteiger partial charge in [-0.25, -0.2) is 0 Å². The SMILES string of the molecule is COc1ccc(C#CCN)c(CN2CCCOC(C)C2)c1. The van der Waals surface area contributed by atoms with E-state index < -0.39 is 0 Å². The summed E-state index contributed by atoms with van der Waals surface area (Å²) in [6, 6.07) is 6.02. The molecule has 4 heteroatoms. The summed E-state index contributed by atoms with van der Waals surface area (Å²) in [5.74, 6) is 6.95. The second kappa shape index (κ2) is 8.04. The third-order valence-corrected chi connectivity index (χ3v) is 3.57. The Morgan fingerprint density at radius 2 is 2.33 bits per heavy atom. The van der Waals surface area contributed by atoms with Crippen LogP contribution in [0.1, 0.15) is 24.5 Å². The summed E-state index contributed by atoms with van der Waals surface area (Å²) < 4.78 is 11.0. The van der Waals surface area contributed by atoms with Crippen LogP contribution in [0.25, 0.3) is 0 Å². The Kier molecular flexibility index (Phi) is 6.06. The topological polar surface area (TPSA) is 47.7 Å². The second-order valence-electron chi connectivity index (χ2n) is 5.30. The van der Waals surface area contributed by atoms with Crippen LogP contribution in [0.15, 0.2) is 18.2 Å². The number of ether oxygens (including phenoxy) is 2. The summed E-state index contributed by atoms with van der Waals surface area (Å²) in [7, 11) is 1.69. The third-order valence-electron chi connectivity index (χ3n) is 3.57. The molecule has 1 saturated heterocycles. The maximum Gasteiger partial charge on any atom is 0.119 e. The molecule has 1 unspecified atom stereocenters. The van der Waals surface area contributed by atoms with Gasteiger partial charge in [-0.15, -0.1) is 0 Å². The lowest BCUT2D eigenvalue weighted by molar-refractivity contribution is 0.0668. The second-order valence-corrected chi connectivity index (χ2v) is 5.30. The molecule has 0 spiro atoms. The zero-order valence-corrected chi connectivity index (χ0v) is 12.9. The first-order chi connectivity index (χ1) is 10.2. The number of rotatable bonds is 3. The fourth-order valence-corrected chi connectivity index (χ4v) is 2.56. The Morgan fingerprint density at radius 3 is 3.10 bits per heavy atom. The predicted molar refractivity (Wildman–Crippen MR) is 84.2 cm³/mol. The van der Waals surface area contributed by atoms with Crippen LogP contribution in [0.2, 0.25) is 0 Å². The first-order valence-corrected chi connectivity index (χ1v) is 7.42. The van der Waals surface area contributed by atoms with Crippen LogP contribution in [0.5, 0.6) is 5.75 Å². The van der Waals surface area contributed by atoms with Gasteiger partial charge in [0.05, 0.1) is 19.8 Å². The fraction of sp³-hybridized carbons (Fsp3) is 0.529. The van der Waals surface area contributed by atoms with E-state index in [0.717, 1.165) is 44.0 Å². The number of hydrogen-bond donors (Lipinski definition) is 1. The van der Waals surface area contributed by atoms with E-state index in [9.17, 15) is 0 Å². The largest absolute Gasteiger partial charge is 0.497 e. The minimum absolute atomic E-state index is 0.275. The van der Waals surface area contributed by atoms with Crippen LogP contribution in [0, 0.1) is 11.8 Å². The molecule has 0 aromatic heterocycles. The summed E-state index contributed by atoms with van der Waals surface area (Å²) in [5.41, 5.74) is 7.69. The Labute approximate surface area is 127 Å². The van der Waals surface area contributed by atoms with Crippen molar-refractivity contribution in [3.63, 3.8) is 0 Å². The first-order valence-electron chi connectivity index (χ1n) is 7.42. The lowest BCUT2D eigenvalue weighted by Crippen LogP contribution is -2.30. The molecule has 0 aliphatic carbocycles. The van der Waals surface area contributed by atoms with Gasteiger partial charge in [0.1, 0.15) is 5.75 Å². The lowest BCUT2D eigenvalue weighted by atomic mass is 10.1. The van der Waals surface area contributed by atoms with E-state index in [-0.39, 0.29) is 6.10 Å². The van der Waals surface area contributed by atoms with Gasteiger partial charge in [-0.1, -0.05) is 11.8 Å². The van der Waals surface area contributed by atoms with Crippen molar-refractivity contribution in [3.8, 4) is 17.6 Å². The fourth-order valence-electron chi connectivity index (χ4n) is 2.56. The molecule has 2 rings (SSSR count). The molecule has 0 radical (unpaired) electrons. The molecule has 1 aromatic rings. The van der Waals surface area contributed by atoms with Gasteiger partial charge < -0.3 is 15.2 Å². The van der Waals surface area contributed by atoms with Crippen molar-refractivity contribution in [3.05, 3.63) is 29.3 Å². The van der Waals surface area contributed by atoms with E-state index in [1.54, 1.807) is 7.11 Å². The highest BCUT2D eigenvalue weighted by Gasteiger charge is 2.16. The quantitative estimate of drug-likeness (QED) is 0.859. The molecule has 21 heavy (non-hydrogen) atoms. The molecule has 1 fully saturated rings. The highest BCUT2D eigenvalue weighted by Crippen LogP contribution is 2.20. The highest BCUT2D eigenvalue weighted by molar-refractivity contribution is 5.45. The Morgan fingerprint density at radius 1 is 1.48 bits per heavy atom. The van der Waals surface area contributed by atoms with Crippen LogP contribution in [-0.4, -0.2) is 44.4 Å². The van der Waals surface area contributed by atoms with Crippen LogP contribution in [0.3, 0.4) is 0 Å². The maximum atomic E-state index is 5.70. The minimum atomic E-state index is 0.275. The maximum absolute atomic E-state index is 5.70. The molecular weight excluding hydrogens is 264 g/mol. The van der Waals surface area contributed by atoms with E-state index in [1.807, 2.05) is 12.1 Å². The molecule has 2 N–H and O–H groups in total. The van der Waals surface area contributed by atoms with Crippen LogP contribution < -0.4 is 10.5 Å². The predicted octanol–water partition coefficient (Wildman–Crippen LogP) is 1.62. The lowest BCUT2D eigenvalue weighted by Gasteiger charge is -2.22. The van der Waals surface area contributed by atoms with Gasteiger partial charge in [0, 0.05) is 31.8 Å². The molecule has 1 aliphatic rings. The molecule has 0 amide bonds. The molecule has 0 saturated carbocycles. The smallest absolute Gasteiger partial charge is 0.119 e. The van der Waals surface area contributed by atoms with Crippen LogP contribution in [0.4, 0.5) is 0 Å². The number of nitrogens with zero attached hydrogens (tertiary/aromatic N) is 1. The molecule has 1 heterocycles. The van der Waals surface area contributed by atoms with Crippen molar-refractivity contribution in [2.45, 2.75) is 26.0 Å². The Hall–Kier alpha value is -1.54. The van der Waals surface area contributed by atoms with E-state index >= 15 is 0 Å². The average Bonchev–Trinajstić information content (AvgIpc) is 2.70. The zero-order chi connectivity index (χ0) is 15.1. The monoisotopic (exact) mass is 288 g/mol. The van der Waals surface area contributed by atoms with Crippen molar-refractivity contribution in [2.24, 2.45) is 5.73 Å². The molecule has 4 nitrogen and oxygen atoms in total. The number of nitrogens with two attached hydrogens (primary N) is 1. The average molecular weight is 288 g/mol. The highest BCUT2D eigenvalue weighted by atomic mass is 16.5. The standard InChI is InChI=1S/C17H24N2O2/c1-14-12-19(9-4-10-21-14)13-16-11-17(20-2)7-6-15(16)5-3-8-18/h6-7,11,14H,4,8-10,12-13,18H2,1-2H3. The number of hydrogen-bond acceptors (Lipinski definition) is 4. The van der Waals surface area contributed by atoms with Crippen molar-refractivity contribution in [1.82, 2.24) is 4.90 Å². The van der Waals surface area contributed by atoms with Crippen LogP contribution in [-0.2, 0) is 11.3 Å². The summed E-state index contributed by atoms with van der Waals surface area (Å²) in [6.07, 6.45) is 1.34. The van der Waals surface area contributed by atoms with Crippen molar-refractivity contribution >= 4 is 0 Å². The van der Waals surface area contributed by atoms with E-state index in [4.69, 9.17) is 15.2 Å². The van der Waals surface area contributed by atoms with E-state index in [2.05, 4.69) is 29.7 Å². The first kappa shape index (κ1) is 15.8. The van der Waals surface area contributed by atoms with Gasteiger partial charge in [-0.2, -0.15) is 0 Å². The van der Waals surface area contributed by atoms with Gasteiger partial charge in [0.2, 0.25) is 0 Å². The van der Waals surface area contributed by atoms with Gasteiger partial charge in [-0.05, 0) is 37.1 Å². The Bertz CT molecular complexity index is 519. The third kappa shape index (κ3) is 4.75. The van der Waals surface area contributed by atoms with Crippen molar-refractivity contribution in [1.29, 1.82) is 0 Å². The van der Waals surface area contributed by atoms with Crippen LogP contribution >= 0.6 is 0 Å². The summed E-state index contributed by atoms with van der Waals surface area (Å²) in [4.78, 5) is 2.42. The van der Waals surface area contributed by atoms with Crippen molar-refractivity contribution in [2.75, 3.05) is 33.4 Å². The zero-order valence-electron chi connectivity index (χ0n) is 12.9. The molecule has 0 bridgehead atoms. The Balaban J connectivity index is 2.19. The molecule has 1 atom stereocenters. The van der Waals surface area contributed by atoms with Gasteiger partial charge in [0.15, 0.2) is 0 Å². The molecule has 1 aliphatic heterocycles. The minimum Gasteiger partial charge on any atom is -0.497 e. The number of methoxy groups -OCH3 is 1. The number of benzene rings is 1. The van der Waals surface area contributed by atoms with Gasteiger partial charge in [0.25, 0.3) is 0 Å². The summed E-state index contributed by atoms with van der Waals surface area (Å²) >= 11 is 0. The molecular formula is C17H24N2O2. The summed E-state index contributed by atoms with van der Waals surface area (Å²) in [6.45, 7) is 6.19. The summed E-state index contributed by atoms with van der Waals surface area (Å²) in [5, 5.41) is 0. The normalized spacial score (nSPS) is 19.5. The molecule has 1 aromatic carbocycles. The van der Waals surface area contributed by atoms with E-state index in [1.165, 1.54) is 5.56 Å². The van der Waals surface area contributed by atoms with Gasteiger partial charge >= 0.3 is 0 Å².